The van der Waals surface area contributed by atoms with E-state index < -0.39 is 0 Å². The van der Waals surface area contributed by atoms with E-state index in [0.717, 1.165) is 34.4 Å². The molecule has 6 nitrogen and oxygen atoms in total. The predicted octanol–water partition coefficient (Wildman–Crippen LogP) is 8.07. The van der Waals surface area contributed by atoms with Crippen LogP contribution in [0.1, 0.15) is 24.2 Å². The fraction of sp³-hybridized carbons (Fsp3) is 0.273. The molecule has 0 aliphatic carbocycles. The molecule has 4 rings (SSSR count). The van der Waals surface area contributed by atoms with Gasteiger partial charge < -0.3 is 0 Å². The number of nitriles is 2. The minimum Gasteiger partial charge on any atom is -0.261 e. The number of hydrogen-bond acceptors (Lipinski definition) is 14. The van der Waals surface area contributed by atoms with Crippen LogP contribution in [-0.2, 0) is 11.5 Å². The minimum absolute atomic E-state index is 0.527. The van der Waals surface area contributed by atoms with Crippen molar-refractivity contribution in [1.29, 1.82) is 10.5 Å². The number of hydrogen-bond donors (Lipinski definition) is 0. The van der Waals surface area contributed by atoms with Crippen LogP contribution in [0.5, 0.6) is 0 Å². The fourth-order valence-corrected chi connectivity index (χ4v) is 14.1. The summed E-state index contributed by atoms with van der Waals surface area (Å²) in [5.74, 6) is 3.08. The third-order valence-corrected chi connectivity index (χ3v) is 15.7. The van der Waals surface area contributed by atoms with Crippen molar-refractivity contribution in [1.82, 2.24) is 19.9 Å². The van der Waals surface area contributed by atoms with Gasteiger partial charge in [-0.15, -0.1) is 47.0 Å². The number of rotatable bonds is 12. The maximum atomic E-state index is 8.95. The van der Waals surface area contributed by atoms with Gasteiger partial charge in [0.05, 0.1) is 48.9 Å². The zero-order valence-electron chi connectivity index (χ0n) is 18.7. The minimum atomic E-state index is 0.527. The summed E-state index contributed by atoms with van der Waals surface area (Å²) in [7, 11) is 0. The van der Waals surface area contributed by atoms with E-state index in [1.54, 1.807) is 95.4 Å². The average Bonchev–Trinajstić information content (AvgIpc) is 3.52. The molecule has 14 heteroatoms. The molecule has 0 saturated carbocycles. The molecule has 0 aromatic carbocycles. The maximum absolute atomic E-state index is 8.95. The second kappa shape index (κ2) is 15.5. The van der Waals surface area contributed by atoms with Gasteiger partial charge in [0.15, 0.2) is 0 Å². The Balaban J connectivity index is 1.48. The molecule has 0 amide bonds. The monoisotopic (exact) mass is 622 g/mol. The largest absolute Gasteiger partial charge is 0.261 e. The van der Waals surface area contributed by atoms with Gasteiger partial charge in [0.1, 0.15) is 0 Å². The Morgan fingerprint density at radius 3 is 1.39 bits per heavy atom. The SMILES string of the molecule is N#CCCSC1=C(SCCC#N)SC(=C2SC(SCc3cnccn3)=C(SCc3cnccn3)S2)S1. The summed E-state index contributed by atoms with van der Waals surface area (Å²) in [6.07, 6.45) is 11.5. The van der Waals surface area contributed by atoms with Crippen LogP contribution in [0.2, 0.25) is 0 Å². The molecule has 36 heavy (non-hydrogen) atoms. The number of thioether (sulfide) groups is 8. The van der Waals surface area contributed by atoms with Crippen LogP contribution < -0.4 is 0 Å². The van der Waals surface area contributed by atoms with Gasteiger partial charge in [0.25, 0.3) is 0 Å². The van der Waals surface area contributed by atoms with Gasteiger partial charge in [0.2, 0.25) is 0 Å². The van der Waals surface area contributed by atoms with E-state index in [-0.39, 0.29) is 0 Å². The predicted molar refractivity (Wildman–Crippen MR) is 163 cm³/mol. The second-order valence-electron chi connectivity index (χ2n) is 6.62. The van der Waals surface area contributed by atoms with E-state index >= 15 is 0 Å². The summed E-state index contributed by atoms with van der Waals surface area (Å²) in [5, 5.41) is 17.9. The molecular weight excluding hydrogens is 605 g/mol. The molecule has 4 heterocycles. The highest BCUT2D eigenvalue weighted by atomic mass is 32.3. The third-order valence-electron chi connectivity index (χ3n) is 4.07. The van der Waals surface area contributed by atoms with Crippen molar-refractivity contribution in [2.45, 2.75) is 24.3 Å². The van der Waals surface area contributed by atoms with Gasteiger partial charge >= 0.3 is 0 Å². The highest BCUT2D eigenvalue weighted by molar-refractivity contribution is 8.45. The number of nitrogens with zero attached hydrogens (tertiary/aromatic N) is 6. The van der Waals surface area contributed by atoms with Crippen molar-refractivity contribution in [2.75, 3.05) is 11.5 Å². The lowest BCUT2D eigenvalue weighted by Gasteiger charge is -2.04. The van der Waals surface area contributed by atoms with Gasteiger partial charge in [-0.1, -0.05) is 47.0 Å². The van der Waals surface area contributed by atoms with Crippen LogP contribution in [0.3, 0.4) is 0 Å². The van der Waals surface area contributed by atoms with Gasteiger partial charge in [-0.2, -0.15) is 10.5 Å². The molecule has 0 radical (unpaired) electrons. The zero-order chi connectivity index (χ0) is 25.0. The Labute approximate surface area is 244 Å². The highest BCUT2D eigenvalue weighted by Crippen LogP contribution is 2.66. The summed E-state index contributed by atoms with van der Waals surface area (Å²) in [5.41, 5.74) is 1.91. The third kappa shape index (κ3) is 8.60. The Morgan fingerprint density at radius 2 is 1.03 bits per heavy atom. The molecule has 2 aliphatic heterocycles. The van der Waals surface area contributed by atoms with Gasteiger partial charge in [-0.05, 0) is 0 Å². The van der Waals surface area contributed by atoms with E-state index in [0.29, 0.717) is 12.8 Å². The Bertz CT molecular complexity index is 1130. The van der Waals surface area contributed by atoms with E-state index in [4.69, 9.17) is 10.5 Å². The molecule has 0 saturated heterocycles. The Kier molecular flexibility index (Phi) is 12.2. The molecule has 184 valence electrons. The highest BCUT2D eigenvalue weighted by Gasteiger charge is 2.31. The summed E-state index contributed by atoms with van der Waals surface area (Å²) < 4.78 is 7.59. The molecule has 0 spiro atoms. The first-order valence-corrected chi connectivity index (χ1v) is 17.7. The first kappa shape index (κ1) is 28.2. The Morgan fingerprint density at radius 1 is 0.611 bits per heavy atom. The fourth-order valence-electron chi connectivity index (χ4n) is 2.53. The van der Waals surface area contributed by atoms with Crippen molar-refractivity contribution in [2.24, 2.45) is 0 Å². The first-order valence-electron chi connectivity index (χ1n) is 10.5. The van der Waals surface area contributed by atoms with Crippen LogP contribution in [0.15, 0.2) is 62.6 Å². The van der Waals surface area contributed by atoms with E-state index in [1.807, 2.05) is 35.9 Å². The van der Waals surface area contributed by atoms with Crippen LogP contribution in [0.4, 0.5) is 0 Å². The van der Waals surface area contributed by atoms with Crippen LogP contribution in [-0.4, -0.2) is 31.4 Å². The van der Waals surface area contributed by atoms with Gasteiger partial charge in [0, 0.05) is 73.0 Å². The molecule has 0 fully saturated rings. The van der Waals surface area contributed by atoms with E-state index in [2.05, 4.69) is 32.1 Å². The average molecular weight is 623 g/mol. The summed E-state index contributed by atoms with van der Waals surface area (Å²) in [4.78, 5) is 17.2. The molecule has 2 aromatic heterocycles. The van der Waals surface area contributed by atoms with Crippen molar-refractivity contribution < 1.29 is 0 Å². The molecule has 2 aliphatic rings. The van der Waals surface area contributed by atoms with Crippen LogP contribution in [0, 0.1) is 22.7 Å². The van der Waals surface area contributed by atoms with Gasteiger partial charge in [-0.25, -0.2) is 0 Å². The molecule has 0 atom stereocenters. The van der Waals surface area contributed by atoms with E-state index in [1.165, 1.54) is 25.4 Å². The van der Waals surface area contributed by atoms with Crippen molar-refractivity contribution in [3.8, 4) is 12.1 Å². The normalized spacial score (nSPS) is 15.5. The van der Waals surface area contributed by atoms with Gasteiger partial charge in [-0.3, -0.25) is 19.9 Å². The summed E-state index contributed by atoms with van der Waals surface area (Å²) in [6, 6.07) is 4.46. The molecule has 0 unspecified atom stereocenters. The standard InChI is InChI=1S/C22H18N6S8/c23-3-1-9-29-17-18(30-10-2-4-24)34-21(33-17)22-35-19(31-13-15-11-25-5-7-27-15)20(36-22)32-14-16-12-26-6-8-28-16/h5-8,11-12H,1-2,9-10,13-14H2. The molecule has 2 aromatic rings. The molecular formula is C22H18N6S8. The van der Waals surface area contributed by atoms with Crippen LogP contribution in [0.25, 0.3) is 0 Å². The Hall–Kier alpha value is -0.840. The van der Waals surface area contributed by atoms with Crippen molar-refractivity contribution in [3.05, 3.63) is 74.0 Å². The smallest absolute Gasteiger partial charge is 0.0717 e. The maximum Gasteiger partial charge on any atom is 0.0717 e. The van der Waals surface area contributed by atoms with Crippen LogP contribution >= 0.6 is 94.1 Å². The number of aromatic nitrogens is 4. The van der Waals surface area contributed by atoms with Crippen molar-refractivity contribution in [3.63, 3.8) is 0 Å². The lowest BCUT2D eigenvalue weighted by atomic mass is 10.5. The summed E-state index contributed by atoms with van der Waals surface area (Å²) in [6.45, 7) is 0. The molecule has 0 N–H and O–H groups in total. The summed E-state index contributed by atoms with van der Waals surface area (Å²) >= 11 is 14.3. The topological polar surface area (TPSA) is 99.1 Å². The molecule has 0 bridgehead atoms. The lowest BCUT2D eigenvalue weighted by molar-refractivity contribution is 1.10. The van der Waals surface area contributed by atoms with E-state index in [9.17, 15) is 0 Å². The zero-order valence-corrected chi connectivity index (χ0v) is 25.2. The lowest BCUT2D eigenvalue weighted by Crippen LogP contribution is -1.88. The first-order chi connectivity index (χ1) is 17.8. The van der Waals surface area contributed by atoms with Crippen molar-refractivity contribution >= 4 is 94.1 Å². The quantitative estimate of drug-likeness (QED) is 0.213. The second-order valence-corrected chi connectivity index (χ2v) is 16.4.